The maximum Gasteiger partial charge on any atom is 0.166 e. The number of carbonyl (C=O) groups excluding carboxylic acids is 1. The maximum absolute atomic E-state index is 13.3. The van der Waals surface area contributed by atoms with E-state index in [0.29, 0.717) is 29.1 Å². The highest BCUT2D eigenvalue weighted by molar-refractivity contribution is 6.30. The van der Waals surface area contributed by atoms with Gasteiger partial charge in [-0.2, -0.15) is 5.10 Å². The maximum atomic E-state index is 13.3. The molecule has 1 unspecified atom stereocenters. The topological polar surface area (TPSA) is 47.3 Å². The van der Waals surface area contributed by atoms with E-state index in [1.165, 1.54) is 12.1 Å². The average molecular weight is 392 g/mol. The lowest BCUT2D eigenvalue weighted by Crippen LogP contribution is -2.21. The fourth-order valence-electron chi connectivity index (χ4n) is 3.80. The van der Waals surface area contributed by atoms with Crippen molar-refractivity contribution in [1.82, 2.24) is 14.6 Å². The molecule has 1 aliphatic rings. The van der Waals surface area contributed by atoms with Crippen LogP contribution in [-0.2, 0) is 6.42 Å². The summed E-state index contributed by atoms with van der Waals surface area (Å²) in [6.07, 6.45) is 4.53. The molecule has 0 radical (unpaired) electrons. The molecule has 0 saturated heterocycles. The van der Waals surface area contributed by atoms with E-state index < -0.39 is 0 Å². The van der Waals surface area contributed by atoms with Crippen molar-refractivity contribution in [2.45, 2.75) is 18.8 Å². The van der Waals surface area contributed by atoms with Gasteiger partial charge in [-0.15, -0.1) is 0 Å². The first-order valence-electron chi connectivity index (χ1n) is 9.00. The van der Waals surface area contributed by atoms with E-state index in [-0.39, 0.29) is 17.5 Å². The lowest BCUT2D eigenvalue weighted by molar-refractivity contribution is 0.0962. The molecule has 6 heteroatoms. The van der Waals surface area contributed by atoms with Crippen LogP contribution in [0.15, 0.2) is 60.9 Å². The Morgan fingerprint density at radius 3 is 2.68 bits per heavy atom. The number of hydrogen-bond donors (Lipinski definition) is 0. The molecule has 0 saturated carbocycles. The molecule has 2 aromatic carbocycles. The molecule has 138 valence electrons. The monoisotopic (exact) mass is 391 g/mol. The first kappa shape index (κ1) is 17.1. The van der Waals surface area contributed by atoms with Gasteiger partial charge in [0, 0.05) is 23.2 Å². The van der Waals surface area contributed by atoms with Gasteiger partial charge in [-0.1, -0.05) is 35.9 Å². The van der Waals surface area contributed by atoms with Crippen molar-refractivity contribution >= 4 is 23.0 Å². The molecule has 0 amide bonds. The van der Waals surface area contributed by atoms with E-state index in [4.69, 9.17) is 16.6 Å². The Hall–Kier alpha value is -3.05. The molecule has 0 bridgehead atoms. The van der Waals surface area contributed by atoms with Gasteiger partial charge < -0.3 is 0 Å². The van der Waals surface area contributed by atoms with Gasteiger partial charge in [-0.25, -0.2) is 13.9 Å². The Morgan fingerprint density at radius 2 is 1.89 bits per heavy atom. The summed E-state index contributed by atoms with van der Waals surface area (Å²) in [4.78, 5) is 17.5. The highest BCUT2D eigenvalue weighted by atomic mass is 35.5. The molecule has 0 N–H and O–H groups in total. The summed E-state index contributed by atoms with van der Waals surface area (Å²) in [5.41, 5.74) is 4.71. The molecule has 4 nitrogen and oxygen atoms in total. The number of fused-ring (bicyclic) bond motifs is 2. The summed E-state index contributed by atoms with van der Waals surface area (Å²) in [7, 11) is 0. The predicted octanol–water partition coefficient (Wildman–Crippen LogP) is 5.10. The second-order valence-corrected chi connectivity index (χ2v) is 7.45. The Kier molecular flexibility index (Phi) is 3.98. The summed E-state index contributed by atoms with van der Waals surface area (Å²) in [5, 5.41) is 5.00. The third-order valence-corrected chi connectivity index (χ3v) is 5.45. The van der Waals surface area contributed by atoms with Crippen LogP contribution in [0.5, 0.6) is 0 Å². The summed E-state index contributed by atoms with van der Waals surface area (Å²) in [6.45, 7) is 0. The van der Waals surface area contributed by atoms with Crippen LogP contribution in [0.3, 0.4) is 0 Å². The standard InChI is InChI=1S/C22H15ClFN3O/c23-16-3-1-2-14(8-16)15-9-20-19(21(28)10-15)12-27-22(26-20)18(11-25-27)13-4-6-17(24)7-5-13/h1-8,11-12,15H,9-10H2. The number of rotatable bonds is 2. The molecule has 0 fully saturated rings. The van der Waals surface area contributed by atoms with Gasteiger partial charge in [0.1, 0.15) is 5.82 Å². The molecule has 2 aromatic heterocycles. The number of nitrogens with zero attached hydrogens (tertiary/aromatic N) is 3. The minimum Gasteiger partial charge on any atom is -0.294 e. The van der Waals surface area contributed by atoms with Crippen molar-refractivity contribution in [3.63, 3.8) is 0 Å². The van der Waals surface area contributed by atoms with Gasteiger partial charge in [0.15, 0.2) is 11.4 Å². The molecular weight excluding hydrogens is 377 g/mol. The highest BCUT2D eigenvalue weighted by Crippen LogP contribution is 2.34. The van der Waals surface area contributed by atoms with Gasteiger partial charge in [0.05, 0.1) is 17.5 Å². The number of ketones is 1. The SMILES string of the molecule is O=C1CC(c2cccc(Cl)c2)Cc2nc3c(-c4ccc(F)cc4)cnn3cc21. The van der Waals surface area contributed by atoms with Crippen molar-refractivity contribution < 1.29 is 9.18 Å². The summed E-state index contributed by atoms with van der Waals surface area (Å²) in [5.74, 6) is -0.189. The number of aromatic nitrogens is 3. The zero-order valence-corrected chi connectivity index (χ0v) is 15.5. The van der Waals surface area contributed by atoms with E-state index in [0.717, 1.165) is 22.4 Å². The van der Waals surface area contributed by atoms with E-state index in [2.05, 4.69) is 5.10 Å². The third-order valence-electron chi connectivity index (χ3n) is 5.22. The number of carbonyl (C=O) groups is 1. The molecule has 0 spiro atoms. The Morgan fingerprint density at radius 1 is 1.07 bits per heavy atom. The fourth-order valence-corrected chi connectivity index (χ4v) is 4.00. The molecule has 4 aromatic rings. The highest BCUT2D eigenvalue weighted by Gasteiger charge is 2.28. The molecule has 1 aliphatic carbocycles. The smallest absolute Gasteiger partial charge is 0.166 e. The van der Waals surface area contributed by atoms with E-state index in [1.807, 2.05) is 24.3 Å². The Labute approximate surface area is 165 Å². The summed E-state index contributed by atoms with van der Waals surface area (Å²) >= 11 is 6.13. The van der Waals surface area contributed by atoms with Crippen molar-refractivity contribution in [2.24, 2.45) is 0 Å². The van der Waals surface area contributed by atoms with Crippen molar-refractivity contribution in [3.8, 4) is 11.1 Å². The zero-order valence-electron chi connectivity index (χ0n) is 14.8. The minimum absolute atomic E-state index is 0.0471. The second-order valence-electron chi connectivity index (χ2n) is 7.02. The molecular formula is C22H15ClFN3O. The van der Waals surface area contributed by atoms with Gasteiger partial charge >= 0.3 is 0 Å². The Balaban J connectivity index is 1.59. The van der Waals surface area contributed by atoms with Crippen LogP contribution in [0.2, 0.25) is 5.02 Å². The lowest BCUT2D eigenvalue weighted by atomic mass is 9.82. The first-order chi connectivity index (χ1) is 13.6. The lowest BCUT2D eigenvalue weighted by Gasteiger charge is -2.23. The van der Waals surface area contributed by atoms with Gasteiger partial charge in [-0.3, -0.25) is 4.79 Å². The Bertz CT molecular complexity index is 1220. The largest absolute Gasteiger partial charge is 0.294 e. The quantitative estimate of drug-likeness (QED) is 0.477. The van der Waals surface area contributed by atoms with E-state index in [1.54, 1.807) is 29.0 Å². The molecule has 28 heavy (non-hydrogen) atoms. The van der Waals surface area contributed by atoms with Crippen molar-refractivity contribution in [2.75, 3.05) is 0 Å². The van der Waals surface area contributed by atoms with Crippen LogP contribution >= 0.6 is 11.6 Å². The molecule has 5 rings (SSSR count). The molecule has 0 aliphatic heterocycles. The van der Waals surface area contributed by atoms with Crippen molar-refractivity contribution in [1.29, 1.82) is 0 Å². The minimum atomic E-state index is -0.291. The number of benzene rings is 2. The number of halogens is 2. The number of Topliss-reactive ketones (excluding diaryl/α,β-unsaturated/α-hetero) is 1. The van der Waals surface area contributed by atoms with Gasteiger partial charge in [0.2, 0.25) is 0 Å². The predicted molar refractivity (Wildman–Crippen MR) is 105 cm³/mol. The normalized spacial score (nSPS) is 16.4. The average Bonchev–Trinajstić information content (AvgIpc) is 3.10. The van der Waals surface area contributed by atoms with Crippen LogP contribution in [0, 0.1) is 5.82 Å². The van der Waals surface area contributed by atoms with Crippen LogP contribution in [-0.4, -0.2) is 20.4 Å². The summed E-state index contributed by atoms with van der Waals surface area (Å²) < 4.78 is 14.9. The van der Waals surface area contributed by atoms with Crippen molar-refractivity contribution in [3.05, 3.63) is 88.6 Å². The van der Waals surface area contributed by atoms with E-state index >= 15 is 0 Å². The van der Waals surface area contributed by atoms with Crippen LogP contribution in [0.1, 0.15) is 34.0 Å². The molecule has 2 heterocycles. The fraction of sp³-hybridized carbons (Fsp3) is 0.136. The summed E-state index contributed by atoms with van der Waals surface area (Å²) in [6, 6.07) is 13.9. The number of hydrogen-bond acceptors (Lipinski definition) is 3. The third kappa shape index (κ3) is 2.88. The second kappa shape index (κ2) is 6.53. The molecule has 1 atom stereocenters. The van der Waals surface area contributed by atoms with Gasteiger partial charge in [0.25, 0.3) is 0 Å². The van der Waals surface area contributed by atoms with Crippen LogP contribution in [0.25, 0.3) is 16.8 Å². The van der Waals surface area contributed by atoms with E-state index in [9.17, 15) is 9.18 Å². The van der Waals surface area contributed by atoms with Crippen LogP contribution < -0.4 is 0 Å². The van der Waals surface area contributed by atoms with Gasteiger partial charge in [-0.05, 0) is 47.7 Å². The first-order valence-corrected chi connectivity index (χ1v) is 9.38. The van der Waals surface area contributed by atoms with Crippen LogP contribution in [0.4, 0.5) is 4.39 Å². The zero-order chi connectivity index (χ0) is 19.3.